The number of ether oxygens (including phenoxy) is 1. The Morgan fingerprint density at radius 3 is 2.23 bits per heavy atom. The smallest absolute Gasteiger partial charge is 0.338 e. The van der Waals surface area contributed by atoms with Crippen molar-refractivity contribution in [2.45, 2.75) is 24.3 Å². The van der Waals surface area contributed by atoms with Crippen molar-refractivity contribution in [3.63, 3.8) is 0 Å². The van der Waals surface area contributed by atoms with Crippen molar-refractivity contribution in [1.82, 2.24) is 9.21 Å². The van der Waals surface area contributed by atoms with Gasteiger partial charge in [0.25, 0.3) is 5.91 Å². The van der Waals surface area contributed by atoms with E-state index in [0.717, 1.165) is 18.4 Å². The monoisotopic (exact) mass is 434 g/mol. The fraction of sp³-hybridized carbons (Fsp3) is 0.333. The average Bonchev–Trinajstić information content (AvgIpc) is 3.29. The molecular formula is C21H23FN2O5S. The zero-order valence-corrected chi connectivity index (χ0v) is 17.4. The number of likely N-dealkylation sites (N-methyl/N-ethyl adjacent to an activating group) is 1. The molecule has 1 amide bonds. The lowest BCUT2D eigenvalue weighted by molar-refractivity contribution is -0.133. The molecule has 0 radical (unpaired) electrons. The minimum Gasteiger partial charge on any atom is -0.452 e. The predicted molar refractivity (Wildman–Crippen MR) is 108 cm³/mol. The predicted octanol–water partition coefficient (Wildman–Crippen LogP) is 2.43. The lowest BCUT2D eigenvalue weighted by Gasteiger charge is -2.17. The highest BCUT2D eigenvalue weighted by atomic mass is 32.2. The molecule has 0 saturated carbocycles. The maximum absolute atomic E-state index is 12.9. The first-order valence-electron chi connectivity index (χ1n) is 9.53. The van der Waals surface area contributed by atoms with Gasteiger partial charge >= 0.3 is 5.97 Å². The molecule has 1 fully saturated rings. The first kappa shape index (κ1) is 21.9. The van der Waals surface area contributed by atoms with Crippen LogP contribution in [-0.4, -0.2) is 56.2 Å². The van der Waals surface area contributed by atoms with Crippen LogP contribution < -0.4 is 0 Å². The van der Waals surface area contributed by atoms with Crippen LogP contribution in [0.4, 0.5) is 4.39 Å². The molecular weight excluding hydrogens is 411 g/mol. The number of esters is 1. The number of sulfonamides is 1. The Balaban J connectivity index is 1.54. The van der Waals surface area contributed by atoms with Crippen molar-refractivity contribution in [2.24, 2.45) is 0 Å². The van der Waals surface area contributed by atoms with E-state index in [1.54, 1.807) is 19.2 Å². The first-order valence-corrected chi connectivity index (χ1v) is 11.0. The molecule has 0 aromatic heterocycles. The molecule has 0 unspecified atom stereocenters. The first-order chi connectivity index (χ1) is 14.3. The number of carbonyl (C=O) groups is 2. The number of halogens is 1. The van der Waals surface area contributed by atoms with Crippen LogP contribution in [0.2, 0.25) is 0 Å². The number of benzene rings is 2. The van der Waals surface area contributed by atoms with Crippen LogP contribution in [0.25, 0.3) is 0 Å². The molecule has 30 heavy (non-hydrogen) atoms. The third-order valence-corrected chi connectivity index (χ3v) is 6.79. The van der Waals surface area contributed by atoms with Crippen molar-refractivity contribution in [2.75, 3.05) is 26.7 Å². The summed E-state index contributed by atoms with van der Waals surface area (Å²) in [5.74, 6) is -1.49. The molecule has 1 saturated heterocycles. The summed E-state index contributed by atoms with van der Waals surface area (Å²) in [4.78, 5) is 25.9. The van der Waals surface area contributed by atoms with Crippen LogP contribution in [0.5, 0.6) is 0 Å². The molecule has 0 bridgehead atoms. The van der Waals surface area contributed by atoms with E-state index >= 15 is 0 Å². The molecule has 160 valence electrons. The van der Waals surface area contributed by atoms with Crippen molar-refractivity contribution < 1.29 is 27.1 Å². The van der Waals surface area contributed by atoms with E-state index in [-0.39, 0.29) is 22.8 Å². The van der Waals surface area contributed by atoms with Crippen LogP contribution in [0.15, 0.2) is 53.4 Å². The van der Waals surface area contributed by atoms with E-state index in [4.69, 9.17) is 4.74 Å². The summed E-state index contributed by atoms with van der Waals surface area (Å²) in [6.45, 7) is 0.795. The van der Waals surface area contributed by atoms with E-state index in [1.807, 2.05) is 0 Å². The summed E-state index contributed by atoms with van der Waals surface area (Å²) in [7, 11) is -2.00. The van der Waals surface area contributed by atoms with E-state index in [9.17, 15) is 22.4 Å². The third-order valence-electron chi connectivity index (χ3n) is 4.88. The van der Waals surface area contributed by atoms with Crippen molar-refractivity contribution in [1.29, 1.82) is 0 Å². The Hall–Kier alpha value is -2.78. The van der Waals surface area contributed by atoms with Crippen LogP contribution >= 0.6 is 0 Å². The largest absolute Gasteiger partial charge is 0.452 e. The van der Waals surface area contributed by atoms with Gasteiger partial charge in [-0.25, -0.2) is 17.6 Å². The maximum atomic E-state index is 12.9. The van der Waals surface area contributed by atoms with E-state index in [1.165, 1.54) is 45.6 Å². The van der Waals surface area contributed by atoms with Gasteiger partial charge in [0.15, 0.2) is 6.61 Å². The van der Waals surface area contributed by atoms with E-state index in [0.29, 0.717) is 13.1 Å². The Bertz CT molecular complexity index is 1000. The Morgan fingerprint density at radius 2 is 1.63 bits per heavy atom. The summed E-state index contributed by atoms with van der Waals surface area (Å²) in [5.41, 5.74) is 0.901. The molecule has 2 aromatic rings. The Morgan fingerprint density at radius 1 is 1.03 bits per heavy atom. The van der Waals surface area contributed by atoms with Crippen LogP contribution in [0.1, 0.15) is 28.8 Å². The van der Waals surface area contributed by atoms with Gasteiger partial charge in [0.2, 0.25) is 10.0 Å². The summed E-state index contributed by atoms with van der Waals surface area (Å²) in [5, 5.41) is 0. The number of nitrogens with zero attached hydrogens (tertiary/aromatic N) is 2. The van der Waals surface area contributed by atoms with Gasteiger partial charge in [-0.2, -0.15) is 4.31 Å². The highest BCUT2D eigenvalue weighted by Gasteiger charge is 2.27. The minimum absolute atomic E-state index is 0.121. The highest BCUT2D eigenvalue weighted by molar-refractivity contribution is 7.89. The quantitative estimate of drug-likeness (QED) is 0.625. The zero-order valence-electron chi connectivity index (χ0n) is 16.6. The molecule has 1 heterocycles. The van der Waals surface area contributed by atoms with Gasteiger partial charge in [0.1, 0.15) is 5.82 Å². The summed E-state index contributed by atoms with van der Waals surface area (Å²) in [6.07, 6.45) is 1.68. The van der Waals surface area contributed by atoms with E-state index < -0.39 is 28.5 Å². The second kappa shape index (κ2) is 9.36. The van der Waals surface area contributed by atoms with Gasteiger partial charge in [0.05, 0.1) is 10.5 Å². The Labute approximate surface area is 175 Å². The lowest BCUT2D eigenvalue weighted by Crippen LogP contribution is -2.30. The molecule has 9 heteroatoms. The summed E-state index contributed by atoms with van der Waals surface area (Å²) in [6, 6.07) is 11.2. The van der Waals surface area contributed by atoms with Crippen molar-refractivity contribution in [3.05, 3.63) is 65.5 Å². The second-order valence-corrected chi connectivity index (χ2v) is 9.03. The maximum Gasteiger partial charge on any atom is 0.338 e. The summed E-state index contributed by atoms with van der Waals surface area (Å²) < 4.78 is 44.4. The van der Waals surface area contributed by atoms with Crippen LogP contribution in [0, 0.1) is 5.82 Å². The molecule has 2 aromatic carbocycles. The number of amides is 1. The number of carbonyl (C=O) groups excluding carboxylic acids is 2. The molecule has 0 N–H and O–H groups in total. The van der Waals surface area contributed by atoms with Crippen LogP contribution in [-0.2, 0) is 26.1 Å². The van der Waals surface area contributed by atoms with Crippen molar-refractivity contribution in [3.8, 4) is 0 Å². The highest BCUT2D eigenvalue weighted by Crippen LogP contribution is 2.21. The fourth-order valence-corrected chi connectivity index (χ4v) is 4.63. The zero-order chi connectivity index (χ0) is 21.7. The topological polar surface area (TPSA) is 84.0 Å². The second-order valence-electron chi connectivity index (χ2n) is 7.09. The SMILES string of the molecule is CN(Cc1ccc(F)cc1)C(=O)COC(=O)c1ccc(S(=O)(=O)N2CCCC2)cc1. The minimum atomic E-state index is -3.55. The van der Waals surface area contributed by atoms with Crippen molar-refractivity contribution >= 4 is 21.9 Å². The number of hydrogen-bond acceptors (Lipinski definition) is 5. The molecule has 1 aliphatic heterocycles. The molecule has 0 aliphatic carbocycles. The fourth-order valence-electron chi connectivity index (χ4n) is 3.11. The van der Waals surface area contributed by atoms with Gasteiger partial charge in [-0.1, -0.05) is 12.1 Å². The van der Waals surface area contributed by atoms with Gasteiger partial charge in [0, 0.05) is 26.7 Å². The van der Waals surface area contributed by atoms with Gasteiger partial charge in [-0.05, 0) is 54.8 Å². The number of hydrogen-bond donors (Lipinski definition) is 0. The average molecular weight is 434 g/mol. The molecule has 3 rings (SSSR count). The molecule has 0 spiro atoms. The van der Waals surface area contributed by atoms with E-state index in [2.05, 4.69) is 0 Å². The Kier molecular flexibility index (Phi) is 6.84. The van der Waals surface area contributed by atoms with Gasteiger partial charge in [-0.3, -0.25) is 4.79 Å². The number of rotatable bonds is 7. The van der Waals surface area contributed by atoms with Gasteiger partial charge < -0.3 is 9.64 Å². The summed E-state index contributed by atoms with van der Waals surface area (Å²) >= 11 is 0. The molecule has 7 nitrogen and oxygen atoms in total. The molecule has 1 aliphatic rings. The third kappa shape index (κ3) is 5.22. The standard InChI is InChI=1S/C21H23FN2O5S/c1-23(14-16-4-8-18(22)9-5-16)20(25)15-29-21(26)17-6-10-19(11-7-17)30(27,28)24-12-2-3-13-24/h4-11H,2-3,12-15H2,1H3. The van der Waals surface area contributed by atoms with Gasteiger partial charge in [-0.15, -0.1) is 0 Å². The normalized spacial score (nSPS) is 14.5. The van der Waals surface area contributed by atoms with Crippen LogP contribution in [0.3, 0.4) is 0 Å². The molecule has 0 atom stereocenters. The lowest BCUT2D eigenvalue weighted by atomic mass is 10.2.